The van der Waals surface area contributed by atoms with Crippen LogP contribution in [-0.2, 0) is 10.0 Å². The molecule has 0 amide bonds. The van der Waals surface area contributed by atoms with Crippen LogP contribution < -0.4 is 4.72 Å². The fourth-order valence-corrected chi connectivity index (χ4v) is 3.38. The normalized spacial score (nSPS) is 15.5. The number of pyridine rings is 1. The highest BCUT2D eigenvalue weighted by Crippen LogP contribution is 2.22. The molecule has 0 aromatic carbocycles. The van der Waals surface area contributed by atoms with E-state index in [0.717, 1.165) is 0 Å². The van der Waals surface area contributed by atoms with E-state index in [2.05, 4.69) is 14.7 Å². The van der Waals surface area contributed by atoms with Crippen molar-refractivity contribution >= 4 is 21.1 Å². The molecule has 0 saturated heterocycles. The molecule has 0 spiro atoms. The molecule has 1 unspecified atom stereocenters. The molecule has 0 bridgehead atoms. The van der Waals surface area contributed by atoms with Gasteiger partial charge in [-0.25, -0.2) is 18.1 Å². The van der Waals surface area contributed by atoms with Crippen LogP contribution in [0, 0.1) is 0 Å². The van der Waals surface area contributed by atoms with Crippen molar-refractivity contribution in [2.45, 2.75) is 30.7 Å². The Bertz CT molecular complexity index is 674. The van der Waals surface area contributed by atoms with Crippen LogP contribution in [0.2, 0.25) is 0 Å². The van der Waals surface area contributed by atoms with Crippen LogP contribution in [0.15, 0.2) is 29.4 Å². The largest absolute Gasteiger partial charge is 0.394 e. The molecule has 19 heavy (non-hydrogen) atoms. The van der Waals surface area contributed by atoms with Gasteiger partial charge >= 0.3 is 0 Å². The van der Waals surface area contributed by atoms with Gasteiger partial charge in [0, 0.05) is 17.8 Å². The number of nitrogens with zero attached hydrogens (tertiary/aromatic N) is 1. The SMILES string of the molecule is CCC(C)(CO)NS(=O)(=O)c1c[nH]c2ncccc12. The van der Waals surface area contributed by atoms with Crippen LogP contribution in [0.25, 0.3) is 11.0 Å². The first-order chi connectivity index (χ1) is 8.92. The number of hydrogen-bond donors (Lipinski definition) is 3. The van der Waals surface area contributed by atoms with Gasteiger partial charge in [0.2, 0.25) is 10.0 Å². The summed E-state index contributed by atoms with van der Waals surface area (Å²) in [7, 11) is -3.71. The van der Waals surface area contributed by atoms with Crippen molar-refractivity contribution in [3.05, 3.63) is 24.5 Å². The Morgan fingerprint density at radius 1 is 1.53 bits per heavy atom. The Morgan fingerprint density at radius 2 is 2.26 bits per heavy atom. The van der Waals surface area contributed by atoms with Crippen LogP contribution in [0.3, 0.4) is 0 Å². The lowest BCUT2D eigenvalue weighted by atomic mass is 10.0. The molecule has 1 atom stereocenters. The molecule has 0 aliphatic rings. The molecule has 0 fully saturated rings. The number of sulfonamides is 1. The quantitative estimate of drug-likeness (QED) is 0.763. The van der Waals surface area contributed by atoms with Crippen molar-refractivity contribution in [3.63, 3.8) is 0 Å². The summed E-state index contributed by atoms with van der Waals surface area (Å²) in [6, 6.07) is 3.37. The van der Waals surface area contributed by atoms with Crippen molar-refractivity contribution in [1.29, 1.82) is 0 Å². The van der Waals surface area contributed by atoms with Crippen molar-refractivity contribution < 1.29 is 13.5 Å². The number of aromatic amines is 1. The molecule has 104 valence electrons. The van der Waals surface area contributed by atoms with Crippen LogP contribution >= 0.6 is 0 Å². The lowest BCUT2D eigenvalue weighted by molar-refractivity contribution is 0.191. The maximum atomic E-state index is 12.4. The minimum absolute atomic E-state index is 0.142. The van der Waals surface area contributed by atoms with Crippen LogP contribution in [-0.4, -0.2) is 35.6 Å². The number of aliphatic hydroxyl groups is 1. The summed E-state index contributed by atoms with van der Waals surface area (Å²) < 4.78 is 27.3. The molecule has 2 aromatic heterocycles. The van der Waals surface area contributed by atoms with Gasteiger partial charge in [-0.2, -0.15) is 0 Å². The van der Waals surface area contributed by atoms with Crippen LogP contribution in [0.4, 0.5) is 0 Å². The van der Waals surface area contributed by atoms with Crippen molar-refractivity contribution in [3.8, 4) is 0 Å². The van der Waals surface area contributed by atoms with Crippen molar-refractivity contribution in [1.82, 2.24) is 14.7 Å². The minimum atomic E-state index is -3.71. The molecule has 2 heterocycles. The molecule has 0 radical (unpaired) electrons. The third-order valence-corrected chi connectivity index (χ3v) is 4.89. The predicted molar refractivity (Wildman–Crippen MR) is 72.2 cm³/mol. The Labute approximate surface area is 111 Å². The first-order valence-electron chi connectivity index (χ1n) is 5.99. The maximum Gasteiger partial charge on any atom is 0.243 e. The highest BCUT2D eigenvalue weighted by molar-refractivity contribution is 7.89. The fraction of sp³-hybridized carbons (Fsp3) is 0.417. The van der Waals surface area contributed by atoms with E-state index in [9.17, 15) is 13.5 Å². The number of aromatic nitrogens is 2. The highest BCUT2D eigenvalue weighted by Gasteiger charge is 2.30. The van der Waals surface area contributed by atoms with Gasteiger partial charge in [-0.3, -0.25) is 0 Å². The summed E-state index contributed by atoms with van der Waals surface area (Å²) in [6.45, 7) is 3.22. The van der Waals surface area contributed by atoms with Gasteiger partial charge in [-0.05, 0) is 25.5 Å². The smallest absolute Gasteiger partial charge is 0.243 e. The van der Waals surface area contributed by atoms with E-state index in [1.54, 1.807) is 25.3 Å². The number of H-pyrrole nitrogens is 1. The Kier molecular flexibility index (Phi) is 3.62. The third-order valence-electron chi connectivity index (χ3n) is 3.21. The zero-order valence-electron chi connectivity index (χ0n) is 10.8. The van der Waals surface area contributed by atoms with Gasteiger partial charge < -0.3 is 10.1 Å². The van der Waals surface area contributed by atoms with Gasteiger partial charge in [0.15, 0.2) is 0 Å². The van der Waals surface area contributed by atoms with E-state index in [4.69, 9.17) is 0 Å². The number of fused-ring (bicyclic) bond motifs is 1. The van der Waals surface area contributed by atoms with E-state index >= 15 is 0 Å². The molecule has 0 aliphatic heterocycles. The zero-order valence-corrected chi connectivity index (χ0v) is 11.7. The van der Waals surface area contributed by atoms with E-state index in [1.165, 1.54) is 6.20 Å². The molecular weight excluding hydrogens is 266 g/mol. The standard InChI is InChI=1S/C12H17N3O3S/c1-3-12(2,8-16)15-19(17,18)10-7-14-11-9(10)5-4-6-13-11/h4-7,15-16H,3,8H2,1-2H3,(H,13,14). The number of nitrogens with one attached hydrogen (secondary N) is 2. The lowest BCUT2D eigenvalue weighted by Gasteiger charge is -2.26. The molecular formula is C12H17N3O3S. The van der Waals surface area contributed by atoms with E-state index in [1.807, 2.05) is 6.92 Å². The van der Waals surface area contributed by atoms with Gasteiger partial charge in [0.05, 0.1) is 12.1 Å². The molecule has 0 aliphatic carbocycles. The molecule has 2 aromatic rings. The Balaban J connectivity index is 2.45. The van der Waals surface area contributed by atoms with E-state index in [0.29, 0.717) is 17.5 Å². The van der Waals surface area contributed by atoms with Crippen molar-refractivity contribution in [2.75, 3.05) is 6.61 Å². The summed E-state index contributed by atoms with van der Waals surface area (Å²) >= 11 is 0. The third kappa shape index (κ3) is 2.63. The molecule has 6 nitrogen and oxygen atoms in total. The predicted octanol–water partition coefficient (Wildman–Crippen LogP) is 1.00. The first-order valence-corrected chi connectivity index (χ1v) is 7.47. The lowest BCUT2D eigenvalue weighted by Crippen LogP contribution is -2.48. The van der Waals surface area contributed by atoms with Crippen LogP contribution in [0.5, 0.6) is 0 Å². The summed E-state index contributed by atoms with van der Waals surface area (Å²) in [6.07, 6.45) is 3.49. The first kappa shape index (κ1) is 14.0. The molecule has 2 rings (SSSR count). The van der Waals surface area contributed by atoms with Crippen molar-refractivity contribution in [2.24, 2.45) is 0 Å². The summed E-state index contributed by atoms with van der Waals surface area (Å²) in [4.78, 5) is 7.02. The molecule has 0 saturated carbocycles. The van der Waals surface area contributed by atoms with Gasteiger partial charge in [-0.15, -0.1) is 0 Å². The second kappa shape index (κ2) is 4.92. The number of rotatable bonds is 5. The second-order valence-electron chi connectivity index (χ2n) is 4.73. The van der Waals surface area contributed by atoms with Gasteiger partial charge in [0.1, 0.15) is 10.5 Å². The van der Waals surface area contributed by atoms with Gasteiger partial charge in [0.25, 0.3) is 0 Å². The monoisotopic (exact) mass is 283 g/mol. The van der Waals surface area contributed by atoms with E-state index in [-0.39, 0.29) is 11.5 Å². The average Bonchev–Trinajstić information content (AvgIpc) is 2.82. The zero-order chi connectivity index (χ0) is 14.1. The van der Waals surface area contributed by atoms with E-state index < -0.39 is 15.6 Å². The number of hydrogen-bond acceptors (Lipinski definition) is 4. The second-order valence-corrected chi connectivity index (χ2v) is 6.38. The average molecular weight is 283 g/mol. The maximum absolute atomic E-state index is 12.4. The topological polar surface area (TPSA) is 95.1 Å². The minimum Gasteiger partial charge on any atom is -0.394 e. The molecule has 7 heteroatoms. The fourth-order valence-electron chi connectivity index (χ4n) is 1.75. The van der Waals surface area contributed by atoms with Crippen LogP contribution in [0.1, 0.15) is 20.3 Å². The summed E-state index contributed by atoms with van der Waals surface area (Å²) in [5.41, 5.74) is -0.352. The highest BCUT2D eigenvalue weighted by atomic mass is 32.2. The van der Waals surface area contributed by atoms with Gasteiger partial charge in [-0.1, -0.05) is 6.92 Å². The molecule has 3 N–H and O–H groups in total. The summed E-state index contributed by atoms with van der Waals surface area (Å²) in [5.74, 6) is 0. The number of aliphatic hydroxyl groups excluding tert-OH is 1. The Hall–Kier alpha value is -1.44. The summed E-state index contributed by atoms with van der Waals surface area (Å²) in [5, 5.41) is 9.85. The Morgan fingerprint density at radius 3 is 2.89 bits per heavy atom.